The molecule has 1 rings (SSSR count). The van der Waals surface area contributed by atoms with Gasteiger partial charge in [0.2, 0.25) is 0 Å². The van der Waals surface area contributed by atoms with E-state index >= 15 is 0 Å². The van der Waals surface area contributed by atoms with Crippen molar-refractivity contribution < 1.29 is 19.4 Å². The van der Waals surface area contributed by atoms with E-state index in [0.29, 0.717) is 0 Å². The van der Waals surface area contributed by atoms with Gasteiger partial charge in [-0.3, -0.25) is 9.59 Å². The van der Waals surface area contributed by atoms with E-state index in [2.05, 4.69) is 0 Å². The van der Waals surface area contributed by atoms with Gasteiger partial charge in [-0.2, -0.15) is 0 Å². The monoisotopic (exact) mass is 215 g/mol. The molecule has 0 aromatic rings. The van der Waals surface area contributed by atoms with Crippen LogP contribution in [0.4, 0.5) is 0 Å². The zero-order valence-electron chi connectivity index (χ0n) is 9.10. The molecule has 0 aromatic heterocycles. The first kappa shape index (κ1) is 12.0. The molecule has 5 nitrogen and oxygen atoms in total. The van der Waals surface area contributed by atoms with Crippen molar-refractivity contribution in [1.82, 2.24) is 4.90 Å². The van der Waals surface area contributed by atoms with Gasteiger partial charge in [-0.25, -0.2) is 0 Å². The Bertz CT molecular complexity index is 250. The quantitative estimate of drug-likeness (QED) is 0.700. The fourth-order valence-corrected chi connectivity index (χ4v) is 1.41. The second-order valence-corrected chi connectivity index (χ2v) is 3.78. The maximum Gasteiger partial charge on any atom is 0.305 e. The van der Waals surface area contributed by atoms with Crippen LogP contribution in [0, 0.1) is 0 Å². The van der Waals surface area contributed by atoms with E-state index in [1.165, 1.54) is 7.11 Å². The normalized spacial score (nSPS) is 17.2. The minimum Gasteiger partial charge on any atom is -0.481 e. The van der Waals surface area contributed by atoms with E-state index in [-0.39, 0.29) is 24.9 Å². The molecule has 1 amide bonds. The Morgan fingerprint density at radius 3 is 2.53 bits per heavy atom. The number of carboxylic acid groups (broad SMARTS) is 1. The fourth-order valence-electron chi connectivity index (χ4n) is 1.41. The van der Waals surface area contributed by atoms with Crippen LogP contribution in [0.1, 0.15) is 26.2 Å². The molecule has 0 radical (unpaired) electrons. The number of nitrogens with zero attached hydrogens (tertiary/aromatic N) is 1. The fraction of sp³-hybridized carbons (Fsp3) is 0.800. The van der Waals surface area contributed by atoms with E-state index in [4.69, 9.17) is 9.84 Å². The predicted molar refractivity (Wildman–Crippen MR) is 53.5 cm³/mol. The van der Waals surface area contributed by atoms with Crippen molar-refractivity contribution in [3.05, 3.63) is 0 Å². The molecule has 0 bridgehead atoms. The number of carbonyl (C=O) groups excluding carboxylic acids is 1. The average Bonchev–Trinajstić information content (AvgIpc) is 3.00. The van der Waals surface area contributed by atoms with E-state index < -0.39 is 12.1 Å². The van der Waals surface area contributed by atoms with Crippen molar-refractivity contribution >= 4 is 11.9 Å². The summed E-state index contributed by atoms with van der Waals surface area (Å²) >= 11 is 0. The van der Waals surface area contributed by atoms with Crippen molar-refractivity contribution in [2.75, 3.05) is 13.7 Å². The lowest BCUT2D eigenvalue weighted by atomic mass is 10.3. The Kier molecular flexibility index (Phi) is 4.08. The summed E-state index contributed by atoms with van der Waals surface area (Å²) in [6, 6.07) is 0.231. The highest BCUT2D eigenvalue weighted by molar-refractivity contribution is 5.81. The number of carboxylic acids is 1. The van der Waals surface area contributed by atoms with Crippen molar-refractivity contribution in [2.24, 2.45) is 0 Å². The first-order chi connectivity index (χ1) is 7.06. The number of amides is 1. The number of hydrogen-bond donors (Lipinski definition) is 1. The summed E-state index contributed by atoms with van der Waals surface area (Å²) in [6.45, 7) is 1.96. The van der Waals surface area contributed by atoms with Crippen LogP contribution in [0.2, 0.25) is 0 Å². The average molecular weight is 215 g/mol. The Balaban J connectivity index is 2.49. The minimum absolute atomic E-state index is 0.00132. The van der Waals surface area contributed by atoms with Crippen molar-refractivity contribution in [3.63, 3.8) is 0 Å². The lowest BCUT2D eigenvalue weighted by Gasteiger charge is -2.24. The van der Waals surface area contributed by atoms with Gasteiger partial charge < -0.3 is 14.7 Å². The molecule has 0 saturated heterocycles. The Labute approximate surface area is 89.0 Å². The number of hydrogen-bond acceptors (Lipinski definition) is 3. The smallest absolute Gasteiger partial charge is 0.305 e. The third kappa shape index (κ3) is 3.51. The molecular weight excluding hydrogens is 198 g/mol. The third-order valence-electron chi connectivity index (χ3n) is 2.54. The van der Waals surface area contributed by atoms with E-state index in [1.807, 2.05) is 0 Å². The molecule has 1 atom stereocenters. The Morgan fingerprint density at radius 1 is 1.53 bits per heavy atom. The second kappa shape index (κ2) is 5.11. The number of rotatable bonds is 6. The first-order valence-corrected chi connectivity index (χ1v) is 5.11. The molecule has 1 aliphatic rings. The van der Waals surface area contributed by atoms with Gasteiger partial charge in [0.1, 0.15) is 6.10 Å². The molecule has 1 aliphatic carbocycles. The first-order valence-electron chi connectivity index (χ1n) is 5.11. The molecule has 0 spiro atoms. The van der Waals surface area contributed by atoms with Crippen LogP contribution in [0.15, 0.2) is 0 Å². The Morgan fingerprint density at radius 2 is 2.13 bits per heavy atom. The highest BCUT2D eigenvalue weighted by Gasteiger charge is 2.34. The van der Waals surface area contributed by atoms with Crippen LogP contribution >= 0.6 is 0 Å². The molecule has 1 saturated carbocycles. The van der Waals surface area contributed by atoms with E-state index in [9.17, 15) is 9.59 Å². The molecule has 5 heteroatoms. The van der Waals surface area contributed by atoms with Crippen molar-refractivity contribution in [1.29, 1.82) is 0 Å². The summed E-state index contributed by atoms with van der Waals surface area (Å²) in [5.74, 6) is -0.986. The third-order valence-corrected chi connectivity index (χ3v) is 2.54. The van der Waals surface area contributed by atoms with Gasteiger partial charge in [-0.1, -0.05) is 0 Å². The summed E-state index contributed by atoms with van der Waals surface area (Å²) in [5, 5.41) is 8.57. The molecule has 15 heavy (non-hydrogen) atoms. The Hall–Kier alpha value is -1.10. The van der Waals surface area contributed by atoms with Crippen LogP contribution in [0.25, 0.3) is 0 Å². The van der Waals surface area contributed by atoms with Crippen LogP contribution in [0.3, 0.4) is 0 Å². The standard InChI is InChI=1S/C10H17NO4/c1-7(15-2)10(14)11(8-3-4-8)6-5-9(12)13/h7-8H,3-6H2,1-2H3,(H,12,13). The van der Waals surface area contributed by atoms with E-state index in [1.54, 1.807) is 11.8 Å². The van der Waals surface area contributed by atoms with Gasteiger partial charge in [0.05, 0.1) is 6.42 Å². The van der Waals surface area contributed by atoms with E-state index in [0.717, 1.165) is 12.8 Å². The van der Waals surface area contributed by atoms with Crippen LogP contribution in [-0.2, 0) is 14.3 Å². The second-order valence-electron chi connectivity index (χ2n) is 3.78. The highest BCUT2D eigenvalue weighted by Crippen LogP contribution is 2.27. The maximum atomic E-state index is 11.8. The number of aliphatic carboxylic acids is 1. The van der Waals surface area contributed by atoms with Crippen LogP contribution in [-0.4, -0.2) is 47.7 Å². The summed E-state index contributed by atoms with van der Waals surface area (Å²) in [5.41, 5.74) is 0. The van der Waals surface area contributed by atoms with Gasteiger partial charge in [0.15, 0.2) is 0 Å². The van der Waals surface area contributed by atoms with Crippen molar-refractivity contribution in [2.45, 2.75) is 38.3 Å². The zero-order valence-corrected chi connectivity index (χ0v) is 9.10. The maximum absolute atomic E-state index is 11.8. The van der Waals surface area contributed by atoms with Gasteiger partial charge in [0, 0.05) is 19.7 Å². The van der Waals surface area contributed by atoms with Crippen LogP contribution < -0.4 is 0 Å². The topological polar surface area (TPSA) is 66.8 Å². The van der Waals surface area contributed by atoms with Gasteiger partial charge in [-0.05, 0) is 19.8 Å². The predicted octanol–water partition coefficient (Wildman–Crippen LogP) is 0.487. The van der Waals surface area contributed by atoms with Gasteiger partial charge in [0.25, 0.3) is 5.91 Å². The highest BCUT2D eigenvalue weighted by atomic mass is 16.5. The molecule has 0 heterocycles. The lowest BCUT2D eigenvalue weighted by Crippen LogP contribution is -2.41. The number of carbonyl (C=O) groups is 2. The largest absolute Gasteiger partial charge is 0.481 e. The molecule has 0 aromatic carbocycles. The molecular formula is C10H17NO4. The van der Waals surface area contributed by atoms with Gasteiger partial charge >= 0.3 is 5.97 Å². The summed E-state index contributed by atoms with van der Waals surface area (Å²) < 4.78 is 4.94. The summed E-state index contributed by atoms with van der Waals surface area (Å²) in [4.78, 5) is 23.8. The van der Waals surface area contributed by atoms with Crippen molar-refractivity contribution in [3.8, 4) is 0 Å². The molecule has 1 fully saturated rings. The number of ether oxygens (including phenoxy) is 1. The molecule has 1 N–H and O–H groups in total. The minimum atomic E-state index is -0.876. The SMILES string of the molecule is COC(C)C(=O)N(CCC(=O)O)C1CC1. The lowest BCUT2D eigenvalue weighted by molar-refractivity contribution is -0.143. The zero-order chi connectivity index (χ0) is 11.4. The van der Waals surface area contributed by atoms with Gasteiger partial charge in [-0.15, -0.1) is 0 Å². The molecule has 1 unspecified atom stereocenters. The molecule has 0 aliphatic heterocycles. The van der Waals surface area contributed by atoms with Crippen LogP contribution in [0.5, 0.6) is 0 Å². The molecule has 86 valence electrons. The summed E-state index contributed by atoms with van der Waals surface area (Å²) in [7, 11) is 1.48. The summed E-state index contributed by atoms with van der Waals surface area (Å²) in [6.07, 6.45) is 1.46. The number of methoxy groups -OCH3 is 1.